The van der Waals surface area contributed by atoms with E-state index in [1.54, 1.807) is 6.92 Å². The molecule has 1 aromatic carbocycles. The number of hydrogen-bond donors (Lipinski definition) is 1. The molecule has 0 aliphatic rings. The maximum atomic E-state index is 11.7. The van der Waals surface area contributed by atoms with E-state index in [4.69, 9.17) is 0 Å². The summed E-state index contributed by atoms with van der Waals surface area (Å²) in [6.07, 6.45) is 0.179. The van der Waals surface area contributed by atoms with Crippen LogP contribution in [0.15, 0.2) is 30.3 Å². The van der Waals surface area contributed by atoms with Crippen LogP contribution >= 0.6 is 0 Å². The molecular formula is C13H18N2O3. The summed E-state index contributed by atoms with van der Waals surface area (Å²) in [5.74, 6) is -0.399. The van der Waals surface area contributed by atoms with Crippen LogP contribution in [0.4, 0.5) is 0 Å². The normalized spacial score (nSPS) is 13.7. The first kappa shape index (κ1) is 14.2. The van der Waals surface area contributed by atoms with Crippen molar-refractivity contribution in [2.75, 3.05) is 6.54 Å². The lowest BCUT2D eigenvalue weighted by Gasteiger charge is -2.15. The smallest absolute Gasteiger partial charge is 0.220 e. The highest BCUT2D eigenvalue weighted by Crippen LogP contribution is 2.12. The molecule has 1 amide bonds. The van der Waals surface area contributed by atoms with Gasteiger partial charge in [0.05, 0.1) is 6.04 Å². The molecule has 1 N–H and O–H groups in total. The minimum absolute atomic E-state index is 0.0819. The van der Waals surface area contributed by atoms with E-state index in [1.807, 2.05) is 37.3 Å². The number of rotatable bonds is 6. The van der Waals surface area contributed by atoms with Crippen molar-refractivity contribution in [1.29, 1.82) is 0 Å². The van der Waals surface area contributed by atoms with Gasteiger partial charge in [-0.3, -0.25) is 14.9 Å². The molecule has 0 radical (unpaired) electrons. The summed E-state index contributed by atoms with van der Waals surface area (Å²) in [6.45, 7) is 3.42. The average Bonchev–Trinajstić information content (AvgIpc) is 2.28. The van der Waals surface area contributed by atoms with Gasteiger partial charge < -0.3 is 5.32 Å². The molecule has 2 atom stereocenters. The highest BCUT2D eigenvalue weighted by atomic mass is 16.6. The van der Waals surface area contributed by atoms with Crippen LogP contribution in [0.1, 0.15) is 31.9 Å². The first-order valence-electron chi connectivity index (χ1n) is 5.95. The van der Waals surface area contributed by atoms with Gasteiger partial charge in [-0.05, 0) is 12.5 Å². The summed E-state index contributed by atoms with van der Waals surface area (Å²) in [6, 6.07) is 9.52. The fourth-order valence-corrected chi connectivity index (χ4v) is 1.76. The fraction of sp³-hybridized carbons (Fsp3) is 0.462. The van der Waals surface area contributed by atoms with Gasteiger partial charge in [0.2, 0.25) is 12.5 Å². The second-order valence-corrected chi connectivity index (χ2v) is 4.52. The highest BCUT2D eigenvalue weighted by molar-refractivity contribution is 5.76. The molecule has 0 unspecified atom stereocenters. The Morgan fingerprint density at radius 3 is 2.50 bits per heavy atom. The predicted octanol–water partition coefficient (Wildman–Crippen LogP) is 2.17. The zero-order valence-electron chi connectivity index (χ0n) is 10.6. The van der Waals surface area contributed by atoms with Crippen LogP contribution in [-0.2, 0) is 4.79 Å². The number of amides is 1. The van der Waals surface area contributed by atoms with E-state index in [9.17, 15) is 14.9 Å². The summed E-state index contributed by atoms with van der Waals surface area (Å²) < 4.78 is 0. The third-order valence-corrected chi connectivity index (χ3v) is 2.67. The molecule has 0 aliphatic carbocycles. The Morgan fingerprint density at radius 2 is 1.94 bits per heavy atom. The van der Waals surface area contributed by atoms with Crippen molar-refractivity contribution in [3.63, 3.8) is 0 Å². The van der Waals surface area contributed by atoms with E-state index < -0.39 is 4.92 Å². The van der Waals surface area contributed by atoms with Crippen molar-refractivity contribution in [1.82, 2.24) is 5.32 Å². The Balaban J connectivity index is 2.43. The van der Waals surface area contributed by atoms with E-state index in [0.29, 0.717) is 0 Å². The lowest BCUT2D eigenvalue weighted by atomic mass is 10.1. The van der Waals surface area contributed by atoms with Gasteiger partial charge >= 0.3 is 0 Å². The standard InChI is InChI=1S/C13H18N2O3/c1-10(9-15(17)18)8-13(16)14-11(2)12-6-4-3-5-7-12/h3-7,10-11H,8-9H2,1-2H3,(H,14,16)/t10-,11+/m1/s1. The topological polar surface area (TPSA) is 72.2 Å². The van der Waals surface area contributed by atoms with Gasteiger partial charge in [0.1, 0.15) is 0 Å². The van der Waals surface area contributed by atoms with Crippen molar-refractivity contribution in [2.24, 2.45) is 5.92 Å². The van der Waals surface area contributed by atoms with Crippen LogP contribution in [0.25, 0.3) is 0 Å². The molecule has 0 spiro atoms. The summed E-state index contributed by atoms with van der Waals surface area (Å²) >= 11 is 0. The molecule has 98 valence electrons. The molecule has 5 nitrogen and oxygen atoms in total. The van der Waals surface area contributed by atoms with Gasteiger partial charge in [0.25, 0.3) is 0 Å². The molecule has 1 rings (SSSR count). The molecule has 0 aliphatic heterocycles. The molecule has 0 saturated carbocycles. The maximum absolute atomic E-state index is 11.7. The van der Waals surface area contributed by atoms with Crippen LogP contribution in [0.2, 0.25) is 0 Å². The largest absolute Gasteiger partial charge is 0.350 e. The number of nitro groups is 1. The maximum Gasteiger partial charge on any atom is 0.220 e. The third kappa shape index (κ3) is 4.95. The van der Waals surface area contributed by atoms with Gasteiger partial charge in [-0.25, -0.2) is 0 Å². The first-order chi connectivity index (χ1) is 8.49. The van der Waals surface area contributed by atoms with Crippen LogP contribution in [-0.4, -0.2) is 17.4 Å². The molecule has 18 heavy (non-hydrogen) atoms. The second-order valence-electron chi connectivity index (χ2n) is 4.52. The van der Waals surface area contributed by atoms with Crippen molar-refractivity contribution >= 4 is 5.91 Å². The van der Waals surface area contributed by atoms with Gasteiger partial charge in [0.15, 0.2) is 0 Å². The average molecular weight is 250 g/mol. The van der Waals surface area contributed by atoms with Gasteiger partial charge in [-0.15, -0.1) is 0 Å². The minimum Gasteiger partial charge on any atom is -0.350 e. The number of hydrogen-bond acceptors (Lipinski definition) is 3. The Hall–Kier alpha value is -1.91. The van der Waals surface area contributed by atoms with Crippen molar-refractivity contribution in [3.05, 3.63) is 46.0 Å². The number of carbonyl (C=O) groups excluding carboxylic acids is 1. The number of nitrogens with zero attached hydrogens (tertiary/aromatic N) is 1. The Bertz CT molecular complexity index is 406. The predicted molar refractivity (Wildman–Crippen MR) is 68.6 cm³/mol. The number of carbonyl (C=O) groups is 1. The summed E-state index contributed by atoms with van der Waals surface area (Å²) in [7, 11) is 0. The van der Waals surface area contributed by atoms with Crippen molar-refractivity contribution < 1.29 is 9.72 Å². The van der Waals surface area contributed by atoms with Crippen LogP contribution in [0.3, 0.4) is 0 Å². The quantitative estimate of drug-likeness (QED) is 0.621. The Kier molecular flexibility index (Phi) is 5.30. The molecule has 0 heterocycles. The van der Waals surface area contributed by atoms with Crippen LogP contribution in [0.5, 0.6) is 0 Å². The molecule has 0 aromatic heterocycles. The SMILES string of the molecule is C[C@H](CC(=O)N[C@@H](C)c1ccccc1)C[N+](=O)[O-]. The minimum atomic E-state index is -0.390. The molecular weight excluding hydrogens is 232 g/mol. The van der Waals surface area contributed by atoms with Crippen LogP contribution < -0.4 is 5.32 Å². The second kappa shape index (κ2) is 6.74. The highest BCUT2D eigenvalue weighted by Gasteiger charge is 2.16. The zero-order valence-corrected chi connectivity index (χ0v) is 10.6. The molecule has 5 heteroatoms. The lowest BCUT2D eigenvalue weighted by Crippen LogP contribution is -2.29. The number of benzene rings is 1. The molecule has 0 saturated heterocycles. The van der Waals surface area contributed by atoms with E-state index in [1.165, 1.54) is 0 Å². The zero-order chi connectivity index (χ0) is 13.5. The van der Waals surface area contributed by atoms with Crippen LogP contribution in [0, 0.1) is 16.0 Å². The van der Waals surface area contributed by atoms with Crippen molar-refractivity contribution in [2.45, 2.75) is 26.3 Å². The third-order valence-electron chi connectivity index (χ3n) is 2.67. The van der Waals surface area contributed by atoms with Gasteiger partial charge in [0, 0.05) is 17.3 Å². The Labute approximate surface area is 106 Å². The van der Waals surface area contributed by atoms with Gasteiger partial charge in [-0.2, -0.15) is 0 Å². The van der Waals surface area contributed by atoms with E-state index in [0.717, 1.165) is 5.56 Å². The molecule has 0 fully saturated rings. The van der Waals surface area contributed by atoms with E-state index >= 15 is 0 Å². The molecule has 1 aromatic rings. The lowest BCUT2D eigenvalue weighted by molar-refractivity contribution is -0.487. The summed E-state index contributed by atoms with van der Waals surface area (Å²) in [4.78, 5) is 21.6. The monoisotopic (exact) mass is 250 g/mol. The summed E-state index contributed by atoms with van der Waals surface area (Å²) in [5, 5.41) is 13.1. The van der Waals surface area contributed by atoms with E-state index in [-0.39, 0.29) is 30.8 Å². The van der Waals surface area contributed by atoms with Crippen molar-refractivity contribution in [3.8, 4) is 0 Å². The van der Waals surface area contributed by atoms with Gasteiger partial charge in [-0.1, -0.05) is 37.3 Å². The molecule has 0 bridgehead atoms. The fourth-order valence-electron chi connectivity index (χ4n) is 1.76. The van der Waals surface area contributed by atoms with E-state index in [2.05, 4.69) is 5.32 Å². The summed E-state index contributed by atoms with van der Waals surface area (Å²) in [5.41, 5.74) is 1.02. The first-order valence-corrected chi connectivity index (χ1v) is 5.95. The Morgan fingerprint density at radius 1 is 1.33 bits per heavy atom. The number of nitrogens with one attached hydrogen (secondary N) is 1.